The summed E-state index contributed by atoms with van der Waals surface area (Å²) in [7, 11) is 1.53. The molecule has 0 radical (unpaired) electrons. The van der Waals surface area contributed by atoms with Crippen LogP contribution in [0.25, 0.3) is 6.08 Å². The maximum absolute atomic E-state index is 11.7. The summed E-state index contributed by atoms with van der Waals surface area (Å²) in [5.41, 5.74) is 1.88. The number of methoxy groups -OCH3 is 1. The summed E-state index contributed by atoms with van der Waals surface area (Å²) >= 11 is 0. The zero-order chi connectivity index (χ0) is 17.9. The standard InChI is InChI=1S/C20H28O4/c1-15(2)6-5-7-16(3)12-13-24-20(22)11-9-17-8-10-18(23-4)14-19(17)21/h6,8-11,14,16,21H,5,7,12-13H2,1-4H3/b11-9+. The largest absolute Gasteiger partial charge is 0.507 e. The van der Waals surface area contributed by atoms with E-state index in [1.54, 1.807) is 12.1 Å². The minimum atomic E-state index is -0.401. The molecule has 0 aliphatic carbocycles. The van der Waals surface area contributed by atoms with Gasteiger partial charge in [0.15, 0.2) is 0 Å². The number of hydrogen-bond acceptors (Lipinski definition) is 4. The highest BCUT2D eigenvalue weighted by Gasteiger charge is 2.04. The van der Waals surface area contributed by atoms with Crippen molar-refractivity contribution in [1.29, 1.82) is 0 Å². The molecule has 0 aliphatic rings. The molecule has 0 saturated heterocycles. The fourth-order valence-electron chi connectivity index (χ4n) is 2.16. The fraction of sp³-hybridized carbons (Fsp3) is 0.450. The number of carbonyl (C=O) groups is 1. The van der Waals surface area contributed by atoms with E-state index in [-0.39, 0.29) is 5.75 Å². The van der Waals surface area contributed by atoms with E-state index in [1.807, 2.05) is 0 Å². The maximum atomic E-state index is 11.7. The molecule has 0 fully saturated rings. The summed E-state index contributed by atoms with van der Waals surface area (Å²) in [5.74, 6) is 0.741. The number of ether oxygens (including phenoxy) is 2. The SMILES string of the molecule is COc1ccc(/C=C/C(=O)OCCC(C)CCC=C(C)C)c(O)c1. The molecule has 0 amide bonds. The number of carbonyl (C=O) groups excluding carboxylic acids is 1. The lowest BCUT2D eigenvalue weighted by Gasteiger charge is -2.09. The van der Waals surface area contributed by atoms with Crippen molar-refractivity contribution in [3.63, 3.8) is 0 Å². The smallest absolute Gasteiger partial charge is 0.330 e. The first-order valence-electron chi connectivity index (χ1n) is 8.27. The number of esters is 1. The molecule has 0 heterocycles. The zero-order valence-electron chi connectivity index (χ0n) is 15.0. The monoisotopic (exact) mass is 332 g/mol. The second kappa shape index (κ2) is 10.5. The van der Waals surface area contributed by atoms with E-state index in [2.05, 4.69) is 26.8 Å². The number of hydrogen-bond donors (Lipinski definition) is 1. The van der Waals surface area contributed by atoms with Crippen LogP contribution in [0, 0.1) is 5.92 Å². The predicted molar refractivity (Wildman–Crippen MR) is 97.1 cm³/mol. The number of benzene rings is 1. The van der Waals surface area contributed by atoms with Crippen LogP contribution in [0.15, 0.2) is 35.9 Å². The van der Waals surface area contributed by atoms with Gasteiger partial charge >= 0.3 is 5.97 Å². The van der Waals surface area contributed by atoms with Crippen molar-refractivity contribution in [2.24, 2.45) is 5.92 Å². The van der Waals surface area contributed by atoms with Crippen LogP contribution < -0.4 is 4.74 Å². The molecule has 132 valence electrons. The van der Waals surface area contributed by atoms with Gasteiger partial charge in [0.1, 0.15) is 11.5 Å². The Bertz CT molecular complexity index is 583. The number of allylic oxidation sites excluding steroid dienone is 2. The van der Waals surface area contributed by atoms with Crippen molar-refractivity contribution < 1.29 is 19.4 Å². The first-order chi connectivity index (χ1) is 11.4. The first-order valence-corrected chi connectivity index (χ1v) is 8.27. The van der Waals surface area contributed by atoms with Crippen molar-refractivity contribution in [3.05, 3.63) is 41.5 Å². The van der Waals surface area contributed by atoms with Crippen LogP contribution in [0.2, 0.25) is 0 Å². The van der Waals surface area contributed by atoms with Gasteiger partial charge in [0.2, 0.25) is 0 Å². The van der Waals surface area contributed by atoms with Gasteiger partial charge in [-0.25, -0.2) is 4.79 Å². The van der Waals surface area contributed by atoms with Gasteiger partial charge in [-0.3, -0.25) is 0 Å². The Morgan fingerprint density at radius 2 is 2.04 bits per heavy atom. The van der Waals surface area contributed by atoms with Crippen LogP contribution in [0.1, 0.15) is 45.6 Å². The van der Waals surface area contributed by atoms with Crippen LogP contribution >= 0.6 is 0 Å². The van der Waals surface area contributed by atoms with E-state index in [0.717, 1.165) is 19.3 Å². The molecule has 1 aromatic carbocycles. The molecular formula is C20H28O4. The zero-order valence-corrected chi connectivity index (χ0v) is 15.0. The average Bonchev–Trinajstić information content (AvgIpc) is 2.53. The molecule has 4 nitrogen and oxygen atoms in total. The Labute approximate surface area is 144 Å². The van der Waals surface area contributed by atoms with Gasteiger partial charge in [0.25, 0.3) is 0 Å². The summed E-state index contributed by atoms with van der Waals surface area (Å²) in [6.07, 6.45) is 8.10. The van der Waals surface area contributed by atoms with Gasteiger partial charge in [-0.1, -0.05) is 18.6 Å². The van der Waals surface area contributed by atoms with E-state index < -0.39 is 5.97 Å². The molecule has 1 unspecified atom stereocenters. The maximum Gasteiger partial charge on any atom is 0.330 e. The summed E-state index contributed by atoms with van der Waals surface area (Å²) in [6, 6.07) is 4.90. The van der Waals surface area contributed by atoms with Gasteiger partial charge in [0, 0.05) is 17.7 Å². The third-order valence-corrected chi connectivity index (χ3v) is 3.70. The van der Waals surface area contributed by atoms with E-state index in [4.69, 9.17) is 9.47 Å². The molecular weight excluding hydrogens is 304 g/mol. The van der Waals surface area contributed by atoms with Gasteiger partial charge in [-0.05, 0) is 57.2 Å². The van der Waals surface area contributed by atoms with Crippen LogP contribution in [0.4, 0.5) is 0 Å². The number of aromatic hydroxyl groups is 1. The number of rotatable bonds is 9. The molecule has 0 aliphatic heterocycles. The second-order valence-corrected chi connectivity index (χ2v) is 6.18. The van der Waals surface area contributed by atoms with Crippen molar-refractivity contribution >= 4 is 12.0 Å². The van der Waals surface area contributed by atoms with E-state index in [9.17, 15) is 9.90 Å². The summed E-state index contributed by atoms with van der Waals surface area (Å²) in [5, 5.41) is 9.82. The Hall–Kier alpha value is -2.23. The van der Waals surface area contributed by atoms with E-state index in [1.165, 1.54) is 30.9 Å². The average molecular weight is 332 g/mol. The number of phenols is 1. The van der Waals surface area contributed by atoms with Gasteiger partial charge < -0.3 is 14.6 Å². The minimum Gasteiger partial charge on any atom is -0.507 e. The lowest BCUT2D eigenvalue weighted by Crippen LogP contribution is -2.06. The Kier molecular flexibility index (Phi) is 8.69. The normalized spacial score (nSPS) is 12.0. The van der Waals surface area contributed by atoms with Gasteiger partial charge in [-0.2, -0.15) is 0 Å². The van der Waals surface area contributed by atoms with Crippen molar-refractivity contribution in [3.8, 4) is 11.5 Å². The highest BCUT2D eigenvalue weighted by Crippen LogP contribution is 2.24. The van der Waals surface area contributed by atoms with E-state index in [0.29, 0.717) is 23.8 Å². The summed E-state index contributed by atoms with van der Waals surface area (Å²) in [6.45, 7) is 6.77. The molecule has 1 aromatic rings. The van der Waals surface area contributed by atoms with Crippen LogP contribution in [-0.4, -0.2) is 24.8 Å². The molecule has 0 spiro atoms. The van der Waals surface area contributed by atoms with Crippen LogP contribution in [0.5, 0.6) is 11.5 Å². The minimum absolute atomic E-state index is 0.0614. The van der Waals surface area contributed by atoms with Crippen LogP contribution in [-0.2, 0) is 9.53 Å². The fourth-order valence-corrected chi connectivity index (χ4v) is 2.16. The highest BCUT2D eigenvalue weighted by molar-refractivity contribution is 5.87. The third kappa shape index (κ3) is 7.86. The summed E-state index contributed by atoms with van der Waals surface area (Å²) in [4.78, 5) is 11.7. The molecule has 1 rings (SSSR count). The molecule has 4 heteroatoms. The van der Waals surface area contributed by atoms with Gasteiger partial charge in [0.05, 0.1) is 13.7 Å². The first kappa shape index (κ1) is 19.8. The lowest BCUT2D eigenvalue weighted by molar-refractivity contribution is -0.138. The van der Waals surface area contributed by atoms with Crippen LogP contribution in [0.3, 0.4) is 0 Å². The van der Waals surface area contributed by atoms with Crippen molar-refractivity contribution in [1.82, 2.24) is 0 Å². The molecule has 0 bridgehead atoms. The molecule has 1 atom stereocenters. The lowest BCUT2D eigenvalue weighted by atomic mass is 10.0. The molecule has 24 heavy (non-hydrogen) atoms. The van der Waals surface area contributed by atoms with Gasteiger partial charge in [-0.15, -0.1) is 0 Å². The molecule has 0 saturated carbocycles. The topological polar surface area (TPSA) is 55.8 Å². The Balaban J connectivity index is 2.34. The molecule has 1 N–H and O–H groups in total. The number of phenolic OH excluding ortho intramolecular Hbond substituents is 1. The highest BCUT2D eigenvalue weighted by atomic mass is 16.5. The van der Waals surface area contributed by atoms with Crippen molar-refractivity contribution in [2.75, 3.05) is 13.7 Å². The Morgan fingerprint density at radius 3 is 2.67 bits per heavy atom. The third-order valence-electron chi connectivity index (χ3n) is 3.70. The van der Waals surface area contributed by atoms with E-state index >= 15 is 0 Å². The summed E-state index contributed by atoms with van der Waals surface area (Å²) < 4.78 is 10.2. The Morgan fingerprint density at radius 1 is 1.29 bits per heavy atom. The van der Waals surface area contributed by atoms with Crippen molar-refractivity contribution in [2.45, 2.75) is 40.0 Å². The quantitative estimate of drug-likeness (QED) is 0.403. The second-order valence-electron chi connectivity index (χ2n) is 6.18. The molecule has 0 aromatic heterocycles. The predicted octanol–water partition coefficient (Wildman–Crippen LogP) is 4.73.